The van der Waals surface area contributed by atoms with Crippen molar-refractivity contribution in [1.29, 1.82) is 0 Å². The van der Waals surface area contributed by atoms with Crippen molar-refractivity contribution in [3.8, 4) is 11.1 Å². The molecule has 11 rings (SSSR count). The Labute approximate surface area is 333 Å². The number of allylic oxidation sites excluding steroid dienone is 1. The van der Waals surface area contributed by atoms with Crippen LogP contribution in [0.4, 0.5) is 5.00 Å². The van der Waals surface area contributed by atoms with E-state index in [1.54, 1.807) is 11.3 Å². The summed E-state index contributed by atoms with van der Waals surface area (Å²) in [5.74, 6) is 0.836. The van der Waals surface area contributed by atoms with Crippen molar-refractivity contribution in [2.24, 2.45) is 9.98 Å². The van der Waals surface area contributed by atoms with Crippen LogP contribution < -0.4 is 0 Å². The Morgan fingerprint density at radius 1 is 0.661 bits per heavy atom. The first-order chi connectivity index (χ1) is 27.6. The van der Waals surface area contributed by atoms with E-state index in [9.17, 15) is 0 Å². The molecule has 0 fully saturated rings. The summed E-state index contributed by atoms with van der Waals surface area (Å²) in [4.78, 5) is 12.2. The molecule has 0 bridgehead atoms. The van der Waals surface area contributed by atoms with Gasteiger partial charge in [-0.1, -0.05) is 121 Å². The van der Waals surface area contributed by atoms with Crippen LogP contribution in [0.3, 0.4) is 0 Å². The highest BCUT2D eigenvalue weighted by Crippen LogP contribution is 2.46. The Morgan fingerprint density at radius 2 is 1.39 bits per heavy atom. The molecular formula is C51H37N3S2. The average molecular weight is 756 g/mol. The number of rotatable bonds is 4. The first-order valence-corrected chi connectivity index (χ1v) is 20.9. The monoisotopic (exact) mass is 755 g/mol. The molecule has 5 heteroatoms. The fraction of sp³-hybridized carbons (Fsp3) is 0.0980. The minimum absolute atomic E-state index is 0.836. The summed E-state index contributed by atoms with van der Waals surface area (Å²) < 4.78 is 4.92. The van der Waals surface area contributed by atoms with Crippen molar-refractivity contribution in [2.75, 3.05) is 7.05 Å². The molecule has 3 aromatic heterocycles. The van der Waals surface area contributed by atoms with Gasteiger partial charge in [-0.3, -0.25) is 9.56 Å². The summed E-state index contributed by atoms with van der Waals surface area (Å²) in [5, 5.41) is 11.0. The quantitative estimate of drug-likeness (QED) is 0.126. The van der Waals surface area contributed by atoms with E-state index in [0.29, 0.717) is 0 Å². The van der Waals surface area contributed by atoms with E-state index in [4.69, 9.17) is 9.98 Å². The number of aryl methyl sites for hydroxylation is 3. The van der Waals surface area contributed by atoms with Gasteiger partial charge in [0.2, 0.25) is 0 Å². The lowest BCUT2D eigenvalue weighted by atomic mass is 9.87. The molecule has 1 aliphatic carbocycles. The van der Waals surface area contributed by atoms with Crippen molar-refractivity contribution in [3.05, 3.63) is 167 Å². The van der Waals surface area contributed by atoms with Gasteiger partial charge < -0.3 is 0 Å². The predicted molar refractivity (Wildman–Crippen MR) is 245 cm³/mol. The van der Waals surface area contributed by atoms with E-state index >= 15 is 0 Å². The second-order valence-corrected chi connectivity index (χ2v) is 16.9. The summed E-state index contributed by atoms with van der Waals surface area (Å²) >= 11 is 3.61. The lowest BCUT2D eigenvalue weighted by Crippen LogP contribution is -2.24. The van der Waals surface area contributed by atoms with Crippen LogP contribution in [0.25, 0.3) is 80.7 Å². The number of aliphatic imine (C=N–C) groups is 2. The summed E-state index contributed by atoms with van der Waals surface area (Å²) in [5.41, 5.74) is 10.7. The predicted octanol–water partition coefficient (Wildman–Crippen LogP) is 14.5. The van der Waals surface area contributed by atoms with Crippen molar-refractivity contribution >= 4 is 109 Å². The number of benzene rings is 7. The van der Waals surface area contributed by atoms with Crippen LogP contribution in [0.2, 0.25) is 0 Å². The van der Waals surface area contributed by atoms with Crippen molar-refractivity contribution in [3.63, 3.8) is 0 Å². The van der Waals surface area contributed by atoms with Gasteiger partial charge in [0, 0.05) is 48.4 Å². The second-order valence-electron chi connectivity index (χ2n) is 14.8. The molecule has 3 heterocycles. The summed E-state index contributed by atoms with van der Waals surface area (Å²) in [6, 6.07) is 48.8. The molecule has 0 amide bonds. The van der Waals surface area contributed by atoms with Crippen LogP contribution >= 0.6 is 22.7 Å². The largest absolute Gasteiger partial charge is 0.292 e. The van der Waals surface area contributed by atoms with Crippen molar-refractivity contribution < 1.29 is 0 Å². The summed E-state index contributed by atoms with van der Waals surface area (Å²) in [6.45, 7) is 4.58. The maximum absolute atomic E-state index is 5.67. The molecule has 3 nitrogen and oxygen atoms in total. The topological polar surface area (TPSA) is 29.6 Å². The molecule has 0 N–H and O–H groups in total. The van der Waals surface area contributed by atoms with Gasteiger partial charge in [0.25, 0.3) is 0 Å². The third kappa shape index (κ3) is 4.94. The molecule has 0 aliphatic heterocycles. The molecule has 56 heavy (non-hydrogen) atoms. The van der Waals surface area contributed by atoms with Crippen molar-refractivity contribution in [1.82, 2.24) is 4.57 Å². The molecule has 0 spiro atoms. The van der Waals surface area contributed by atoms with Gasteiger partial charge in [-0.25, -0.2) is 4.99 Å². The fourth-order valence-corrected chi connectivity index (χ4v) is 11.4. The number of aromatic nitrogens is 1. The normalized spacial score (nSPS) is 13.6. The number of para-hydroxylation sites is 1. The highest BCUT2D eigenvalue weighted by molar-refractivity contribution is 7.26. The molecule has 268 valence electrons. The Morgan fingerprint density at radius 3 is 2.23 bits per heavy atom. The molecule has 0 atom stereocenters. The zero-order valence-electron chi connectivity index (χ0n) is 31.4. The average Bonchev–Trinajstić information content (AvgIpc) is 3.94. The Balaban J connectivity index is 1.26. The van der Waals surface area contributed by atoms with E-state index in [-0.39, 0.29) is 0 Å². The zero-order valence-corrected chi connectivity index (χ0v) is 33.1. The van der Waals surface area contributed by atoms with Crippen molar-refractivity contribution in [2.45, 2.75) is 26.7 Å². The van der Waals surface area contributed by atoms with Gasteiger partial charge in [0.15, 0.2) is 5.84 Å². The van der Waals surface area contributed by atoms with Gasteiger partial charge in [-0.05, 0) is 100 Å². The highest BCUT2D eigenvalue weighted by Gasteiger charge is 2.27. The van der Waals surface area contributed by atoms with Crippen LogP contribution in [0, 0.1) is 13.8 Å². The maximum Gasteiger partial charge on any atom is 0.159 e. The number of hydrogen-bond acceptors (Lipinski definition) is 4. The van der Waals surface area contributed by atoms with E-state index in [2.05, 4.69) is 164 Å². The Bertz CT molecular complexity index is 3350. The van der Waals surface area contributed by atoms with Crippen LogP contribution in [0.5, 0.6) is 0 Å². The van der Waals surface area contributed by atoms with Crippen LogP contribution in [0.1, 0.15) is 33.6 Å². The molecule has 0 saturated carbocycles. The molecule has 0 saturated heterocycles. The number of thiophene rings is 2. The molecule has 1 aliphatic rings. The lowest BCUT2D eigenvalue weighted by Gasteiger charge is -2.20. The first kappa shape index (κ1) is 33.2. The molecular weight excluding hydrogens is 719 g/mol. The van der Waals surface area contributed by atoms with Gasteiger partial charge in [0.05, 0.1) is 11.0 Å². The summed E-state index contributed by atoms with van der Waals surface area (Å²) in [7, 11) is 1.93. The third-order valence-electron chi connectivity index (χ3n) is 11.7. The number of fused-ring (bicyclic) bond motifs is 10. The Hall–Kier alpha value is -6.14. The smallest absolute Gasteiger partial charge is 0.159 e. The number of hydrogen-bond donors (Lipinski definition) is 0. The summed E-state index contributed by atoms with van der Waals surface area (Å²) in [6.07, 6.45) is 6.66. The fourth-order valence-electron chi connectivity index (χ4n) is 9.21. The second kappa shape index (κ2) is 13.0. The van der Waals surface area contributed by atoms with E-state index in [1.807, 2.05) is 18.4 Å². The zero-order chi connectivity index (χ0) is 37.5. The van der Waals surface area contributed by atoms with Crippen LogP contribution in [0.15, 0.2) is 150 Å². The molecule has 0 unspecified atom stereocenters. The highest BCUT2D eigenvalue weighted by atomic mass is 32.1. The SMILES string of the molecule is CN=C(/C(=N\c1cc2c(s1)C=CCC2)c1cccc2c1sc1ccccc12)n1c2ccccc2c2c3ccccc3c(-c3ccc4ccccc4c3C)c(C)c21. The first-order valence-electron chi connectivity index (χ1n) is 19.3. The molecule has 10 aromatic rings. The van der Waals surface area contributed by atoms with Gasteiger partial charge in [-0.2, -0.15) is 0 Å². The van der Waals surface area contributed by atoms with Gasteiger partial charge >= 0.3 is 0 Å². The molecule has 7 aromatic carbocycles. The van der Waals surface area contributed by atoms with Gasteiger partial charge in [0.1, 0.15) is 10.7 Å². The number of nitrogens with zero attached hydrogens (tertiary/aromatic N) is 3. The van der Waals surface area contributed by atoms with E-state index in [1.165, 1.54) is 85.2 Å². The maximum atomic E-state index is 5.67. The minimum Gasteiger partial charge on any atom is -0.292 e. The van der Waals surface area contributed by atoms with E-state index < -0.39 is 0 Å². The standard InChI is InChI=1S/C51H37N3S2/c1-30-34-17-6-4-15-32(34)27-28-35(30)46-31(2)49-47(38-20-8-7-19-37(38)46)40-21-9-11-24-42(40)54(49)51(52-3)48(53-45-29-33-16-5-12-25-43(33)55-45)41-23-14-22-39-36-18-10-13-26-44(36)56-50(39)41/h4,6-15,17-29H,5,16H2,1-3H3/b52-51?,53-48-. The minimum atomic E-state index is 0.836. The van der Waals surface area contributed by atoms with Crippen LogP contribution in [-0.4, -0.2) is 23.2 Å². The molecule has 0 radical (unpaired) electrons. The Kier molecular flexibility index (Phi) is 7.70. The lowest BCUT2D eigenvalue weighted by molar-refractivity contribution is 0.996. The van der Waals surface area contributed by atoms with Gasteiger partial charge in [-0.15, -0.1) is 22.7 Å². The third-order valence-corrected chi connectivity index (χ3v) is 14.0. The van der Waals surface area contributed by atoms with E-state index in [0.717, 1.165) is 46.0 Å². The van der Waals surface area contributed by atoms with Crippen LogP contribution in [-0.2, 0) is 6.42 Å².